The molecule has 0 unspecified atom stereocenters. The summed E-state index contributed by atoms with van der Waals surface area (Å²) in [7, 11) is 0. The number of hydrogen-bond donors (Lipinski definition) is 5. The van der Waals surface area contributed by atoms with E-state index in [0.717, 1.165) is 17.7 Å². The molecule has 7 heteroatoms. The summed E-state index contributed by atoms with van der Waals surface area (Å²) in [5.41, 5.74) is 1.49. The molecule has 0 aromatic heterocycles. The first-order valence-electron chi connectivity index (χ1n) is 5.96. The monoisotopic (exact) mass is 308 g/mol. The van der Waals surface area contributed by atoms with Crippen LogP contribution >= 0.6 is 11.6 Å². The van der Waals surface area contributed by atoms with E-state index in [4.69, 9.17) is 11.6 Å². The van der Waals surface area contributed by atoms with Crippen LogP contribution in [0.2, 0.25) is 5.02 Å². The predicted octanol–water partition coefficient (Wildman–Crippen LogP) is 3.41. The number of urea groups is 1. The van der Waals surface area contributed by atoms with E-state index >= 15 is 0 Å². The van der Waals surface area contributed by atoms with Crippen molar-refractivity contribution >= 4 is 29.0 Å². The molecule has 0 saturated heterocycles. The highest BCUT2D eigenvalue weighted by Gasteiger charge is 2.11. The third-order valence-electron chi connectivity index (χ3n) is 2.76. The lowest BCUT2D eigenvalue weighted by atomic mass is 10.2. The Labute approximate surface area is 125 Å². The summed E-state index contributed by atoms with van der Waals surface area (Å²) < 4.78 is 0. The van der Waals surface area contributed by atoms with Crippen molar-refractivity contribution in [2.75, 3.05) is 10.6 Å². The third-order valence-corrected chi connectivity index (χ3v) is 3.00. The SMILES string of the molecule is Cc1cc(Cl)ccc1NC(=O)Nc1cc(O)c(O)c(O)c1. The third kappa shape index (κ3) is 3.49. The minimum atomic E-state index is -0.644. The fraction of sp³-hybridized carbons (Fsp3) is 0.0714. The van der Waals surface area contributed by atoms with Gasteiger partial charge in [0, 0.05) is 22.8 Å². The Morgan fingerprint density at radius 1 is 1.05 bits per heavy atom. The van der Waals surface area contributed by atoms with Gasteiger partial charge < -0.3 is 26.0 Å². The van der Waals surface area contributed by atoms with Gasteiger partial charge in [-0.3, -0.25) is 0 Å². The van der Waals surface area contributed by atoms with Crippen molar-refractivity contribution in [2.24, 2.45) is 0 Å². The predicted molar refractivity (Wildman–Crippen MR) is 80.3 cm³/mol. The number of carbonyl (C=O) groups excluding carboxylic acids is 1. The molecule has 0 aliphatic heterocycles. The molecule has 0 spiro atoms. The quantitative estimate of drug-likeness (QED) is 0.433. The van der Waals surface area contributed by atoms with Crippen molar-refractivity contribution in [3.05, 3.63) is 40.9 Å². The van der Waals surface area contributed by atoms with Crippen LogP contribution in [0.25, 0.3) is 0 Å². The number of nitrogens with one attached hydrogen (secondary N) is 2. The Hall–Kier alpha value is -2.60. The molecule has 110 valence electrons. The summed E-state index contributed by atoms with van der Waals surface area (Å²) >= 11 is 5.83. The number of phenols is 3. The number of halogens is 1. The second kappa shape index (κ2) is 5.80. The summed E-state index contributed by atoms with van der Waals surface area (Å²) in [6.07, 6.45) is 0. The summed E-state index contributed by atoms with van der Waals surface area (Å²) in [6.45, 7) is 1.79. The first kappa shape index (κ1) is 14.8. The number of aromatic hydroxyl groups is 3. The van der Waals surface area contributed by atoms with Gasteiger partial charge in [0.2, 0.25) is 0 Å². The van der Waals surface area contributed by atoms with Crippen LogP contribution in [0.15, 0.2) is 30.3 Å². The molecule has 0 radical (unpaired) electrons. The molecule has 0 aliphatic carbocycles. The van der Waals surface area contributed by atoms with Gasteiger partial charge in [0.25, 0.3) is 0 Å². The number of aryl methyl sites for hydroxylation is 1. The van der Waals surface area contributed by atoms with E-state index in [0.29, 0.717) is 10.7 Å². The molecular weight excluding hydrogens is 296 g/mol. The van der Waals surface area contributed by atoms with E-state index in [-0.39, 0.29) is 5.69 Å². The molecule has 2 rings (SSSR count). The minimum Gasteiger partial charge on any atom is -0.504 e. The van der Waals surface area contributed by atoms with Crippen molar-refractivity contribution in [1.82, 2.24) is 0 Å². The molecular formula is C14H13ClN2O4. The summed E-state index contributed by atoms with van der Waals surface area (Å²) in [5.74, 6) is -1.71. The van der Waals surface area contributed by atoms with E-state index in [2.05, 4.69) is 10.6 Å². The highest BCUT2D eigenvalue weighted by Crippen LogP contribution is 2.37. The minimum absolute atomic E-state index is 0.131. The number of hydrogen-bond acceptors (Lipinski definition) is 4. The Balaban J connectivity index is 2.12. The average Bonchev–Trinajstić information content (AvgIpc) is 2.39. The van der Waals surface area contributed by atoms with Gasteiger partial charge in [-0.25, -0.2) is 4.79 Å². The first-order chi connectivity index (χ1) is 9.86. The van der Waals surface area contributed by atoms with Gasteiger partial charge in [-0.05, 0) is 30.7 Å². The van der Waals surface area contributed by atoms with Gasteiger partial charge in [-0.15, -0.1) is 0 Å². The van der Waals surface area contributed by atoms with Gasteiger partial charge in [-0.1, -0.05) is 11.6 Å². The molecule has 6 nitrogen and oxygen atoms in total. The number of benzene rings is 2. The molecule has 2 amide bonds. The molecule has 0 bridgehead atoms. The molecule has 2 aromatic rings. The second-order valence-corrected chi connectivity index (χ2v) is 4.84. The number of amides is 2. The van der Waals surface area contributed by atoms with Crippen molar-refractivity contribution in [2.45, 2.75) is 6.92 Å². The van der Waals surface area contributed by atoms with E-state index in [9.17, 15) is 20.1 Å². The largest absolute Gasteiger partial charge is 0.504 e. The molecule has 2 aromatic carbocycles. The second-order valence-electron chi connectivity index (χ2n) is 4.40. The Morgan fingerprint density at radius 2 is 1.67 bits per heavy atom. The summed E-state index contributed by atoms with van der Waals surface area (Å²) in [6, 6.07) is 6.66. The molecule has 0 fully saturated rings. The summed E-state index contributed by atoms with van der Waals surface area (Å²) in [5, 5.41) is 33.5. The van der Waals surface area contributed by atoms with Crippen molar-refractivity contribution in [3.8, 4) is 17.2 Å². The number of anilines is 2. The zero-order chi connectivity index (χ0) is 15.6. The normalized spacial score (nSPS) is 10.2. The standard InChI is InChI=1S/C14H13ClN2O4/c1-7-4-8(15)2-3-10(7)17-14(21)16-9-5-11(18)13(20)12(19)6-9/h2-6,18-20H,1H3,(H2,16,17,21). The maximum absolute atomic E-state index is 11.8. The van der Waals surface area contributed by atoms with E-state index in [1.807, 2.05) is 0 Å². The van der Waals surface area contributed by atoms with Gasteiger partial charge in [0.15, 0.2) is 17.2 Å². The number of phenolic OH excluding ortho intramolecular Hbond substituents is 3. The van der Waals surface area contributed by atoms with Gasteiger partial charge in [0.05, 0.1) is 5.69 Å². The van der Waals surface area contributed by atoms with E-state index in [1.165, 1.54) is 0 Å². The summed E-state index contributed by atoms with van der Waals surface area (Å²) in [4.78, 5) is 11.8. The van der Waals surface area contributed by atoms with Crippen LogP contribution in [0.5, 0.6) is 17.2 Å². The molecule has 0 atom stereocenters. The highest BCUT2D eigenvalue weighted by molar-refractivity contribution is 6.30. The maximum Gasteiger partial charge on any atom is 0.323 e. The molecule has 0 heterocycles. The molecule has 0 saturated carbocycles. The lowest BCUT2D eigenvalue weighted by molar-refractivity contribution is 0.262. The fourth-order valence-electron chi connectivity index (χ4n) is 1.73. The van der Waals surface area contributed by atoms with Crippen LogP contribution in [0.4, 0.5) is 16.2 Å². The Kier molecular flexibility index (Phi) is 4.09. The highest BCUT2D eigenvalue weighted by atomic mass is 35.5. The first-order valence-corrected chi connectivity index (χ1v) is 6.33. The maximum atomic E-state index is 11.8. The van der Waals surface area contributed by atoms with Crippen LogP contribution < -0.4 is 10.6 Å². The molecule has 5 N–H and O–H groups in total. The van der Waals surface area contributed by atoms with Crippen LogP contribution in [0.3, 0.4) is 0 Å². The zero-order valence-corrected chi connectivity index (χ0v) is 11.8. The number of carbonyl (C=O) groups is 1. The van der Waals surface area contributed by atoms with Crippen LogP contribution in [-0.4, -0.2) is 21.4 Å². The fourth-order valence-corrected chi connectivity index (χ4v) is 1.96. The van der Waals surface area contributed by atoms with Crippen molar-refractivity contribution in [3.63, 3.8) is 0 Å². The van der Waals surface area contributed by atoms with Crippen molar-refractivity contribution in [1.29, 1.82) is 0 Å². The average molecular weight is 309 g/mol. The number of rotatable bonds is 2. The molecule has 21 heavy (non-hydrogen) atoms. The van der Waals surface area contributed by atoms with Crippen LogP contribution in [0, 0.1) is 6.92 Å². The van der Waals surface area contributed by atoms with Gasteiger partial charge >= 0.3 is 6.03 Å². The van der Waals surface area contributed by atoms with E-state index < -0.39 is 23.3 Å². The lowest BCUT2D eigenvalue weighted by Crippen LogP contribution is -2.19. The zero-order valence-electron chi connectivity index (χ0n) is 11.0. The lowest BCUT2D eigenvalue weighted by Gasteiger charge is -2.11. The van der Waals surface area contributed by atoms with Gasteiger partial charge in [0.1, 0.15) is 0 Å². The van der Waals surface area contributed by atoms with E-state index in [1.54, 1.807) is 25.1 Å². The van der Waals surface area contributed by atoms with Gasteiger partial charge in [-0.2, -0.15) is 0 Å². The van der Waals surface area contributed by atoms with Crippen molar-refractivity contribution < 1.29 is 20.1 Å². The molecule has 0 aliphatic rings. The Bertz CT molecular complexity index is 680. The Morgan fingerprint density at radius 3 is 2.24 bits per heavy atom. The van der Waals surface area contributed by atoms with Crippen LogP contribution in [0.1, 0.15) is 5.56 Å². The topological polar surface area (TPSA) is 102 Å². The van der Waals surface area contributed by atoms with Crippen LogP contribution in [-0.2, 0) is 0 Å². The smallest absolute Gasteiger partial charge is 0.323 e.